The van der Waals surface area contributed by atoms with E-state index in [0.717, 1.165) is 37.3 Å². The van der Waals surface area contributed by atoms with Gasteiger partial charge in [0.25, 0.3) is 0 Å². The number of piperidine rings is 1. The zero-order chi connectivity index (χ0) is 22.1. The van der Waals surface area contributed by atoms with Crippen molar-refractivity contribution in [1.82, 2.24) is 15.2 Å². The number of anilines is 1. The van der Waals surface area contributed by atoms with Crippen molar-refractivity contribution in [3.8, 4) is 0 Å². The van der Waals surface area contributed by atoms with E-state index in [2.05, 4.69) is 20.5 Å². The Hall–Kier alpha value is -2.45. The van der Waals surface area contributed by atoms with Crippen LogP contribution in [0.5, 0.6) is 0 Å². The highest BCUT2D eigenvalue weighted by atomic mass is 32.1. The fourth-order valence-electron chi connectivity index (χ4n) is 3.56. The van der Waals surface area contributed by atoms with Crippen molar-refractivity contribution in [3.63, 3.8) is 0 Å². The second-order valence-electron chi connectivity index (χ2n) is 8.04. The Morgan fingerprint density at radius 3 is 2.65 bits per heavy atom. The van der Waals surface area contributed by atoms with Gasteiger partial charge in [-0.15, -0.1) is 11.3 Å². The van der Waals surface area contributed by atoms with Gasteiger partial charge in [-0.1, -0.05) is 57.0 Å². The van der Waals surface area contributed by atoms with E-state index in [-0.39, 0.29) is 18.4 Å². The topological polar surface area (TPSA) is 83.6 Å². The highest BCUT2D eigenvalue weighted by Gasteiger charge is 2.27. The van der Waals surface area contributed by atoms with Crippen LogP contribution in [0.3, 0.4) is 0 Å². The lowest BCUT2D eigenvalue weighted by molar-refractivity contribution is -0.119. The lowest BCUT2D eigenvalue weighted by Gasteiger charge is -2.25. The smallest absolute Gasteiger partial charge is 0.408 e. The number of carbonyl (C=O) groups is 2. The molecule has 2 aromatic rings. The summed E-state index contributed by atoms with van der Waals surface area (Å²) in [6.07, 6.45) is 3.91. The summed E-state index contributed by atoms with van der Waals surface area (Å²) in [6, 6.07) is 8.76. The lowest BCUT2D eigenvalue weighted by atomic mass is 9.98. The fourth-order valence-corrected chi connectivity index (χ4v) is 4.26. The molecule has 2 N–H and O–H groups in total. The molecule has 2 atom stereocenters. The van der Waals surface area contributed by atoms with Crippen molar-refractivity contribution in [2.45, 2.75) is 58.7 Å². The third-order valence-corrected chi connectivity index (χ3v) is 6.40. The second-order valence-corrected chi connectivity index (χ2v) is 8.90. The Kier molecular flexibility index (Phi) is 8.85. The predicted molar refractivity (Wildman–Crippen MR) is 123 cm³/mol. The maximum absolute atomic E-state index is 12.9. The second kappa shape index (κ2) is 11.8. The first-order chi connectivity index (χ1) is 15.0. The van der Waals surface area contributed by atoms with Crippen LogP contribution in [0.15, 0.2) is 35.7 Å². The summed E-state index contributed by atoms with van der Waals surface area (Å²) >= 11 is 1.42. The molecular formula is C23H32N4O3S. The number of amides is 2. The predicted octanol–water partition coefficient (Wildman–Crippen LogP) is 4.41. The van der Waals surface area contributed by atoms with Crippen LogP contribution >= 0.6 is 11.3 Å². The summed E-state index contributed by atoms with van der Waals surface area (Å²) in [5, 5.41) is 8.15. The van der Waals surface area contributed by atoms with E-state index in [1.807, 2.05) is 49.6 Å². The largest absolute Gasteiger partial charge is 0.445 e. The molecule has 1 fully saturated rings. The van der Waals surface area contributed by atoms with Crippen LogP contribution in [0, 0.1) is 5.92 Å². The van der Waals surface area contributed by atoms with Crippen LogP contribution in [-0.4, -0.2) is 41.0 Å². The van der Waals surface area contributed by atoms with E-state index in [0.29, 0.717) is 5.13 Å². The fraction of sp³-hybridized carbons (Fsp3) is 0.522. The number of hydrogen-bond acceptors (Lipinski definition) is 6. The van der Waals surface area contributed by atoms with E-state index in [1.165, 1.54) is 30.6 Å². The molecule has 3 rings (SSSR count). The van der Waals surface area contributed by atoms with Crippen LogP contribution in [0.4, 0.5) is 9.93 Å². The van der Waals surface area contributed by atoms with Crippen molar-refractivity contribution in [1.29, 1.82) is 0 Å². The molecular weight excluding hydrogens is 412 g/mol. The molecule has 7 nitrogen and oxygen atoms in total. The third-order valence-electron chi connectivity index (χ3n) is 5.60. The normalized spacial score (nSPS) is 16.3. The van der Waals surface area contributed by atoms with Crippen LogP contribution in [-0.2, 0) is 22.7 Å². The summed E-state index contributed by atoms with van der Waals surface area (Å²) in [4.78, 5) is 32.2. The minimum Gasteiger partial charge on any atom is -0.445 e. The number of thiazole rings is 1. The van der Waals surface area contributed by atoms with Crippen LogP contribution in [0.25, 0.3) is 0 Å². The molecule has 31 heavy (non-hydrogen) atoms. The number of benzene rings is 1. The van der Waals surface area contributed by atoms with E-state index >= 15 is 0 Å². The van der Waals surface area contributed by atoms with Crippen molar-refractivity contribution in [2.24, 2.45) is 5.92 Å². The van der Waals surface area contributed by atoms with Crippen LogP contribution in [0.1, 0.15) is 50.8 Å². The number of aromatic nitrogens is 1. The molecule has 0 saturated carbocycles. The molecule has 1 aliphatic heterocycles. The maximum Gasteiger partial charge on any atom is 0.408 e. The minimum atomic E-state index is -0.692. The average Bonchev–Trinajstić information content (AvgIpc) is 3.23. The molecule has 0 bridgehead atoms. The van der Waals surface area contributed by atoms with Crippen molar-refractivity contribution >= 4 is 28.5 Å². The SMILES string of the molecule is CC[C@H](C)[C@H](NC(=O)OCc1ccccc1)C(=O)Nc1nc(CN2CCCCC2)cs1. The molecule has 0 spiro atoms. The van der Waals surface area contributed by atoms with E-state index in [4.69, 9.17) is 4.74 Å². The molecule has 2 heterocycles. The number of carbonyl (C=O) groups excluding carboxylic acids is 2. The van der Waals surface area contributed by atoms with Gasteiger partial charge in [0.1, 0.15) is 12.6 Å². The molecule has 0 aliphatic carbocycles. The Bertz CT molecular complexity index is 836. The Labute approximate surface area is 188 Å². The molecule has 1 saturated heterocycles. The first kappa shape index (κ1) is 23.2. The summed E-state index contributed by atoms with van der Waals surface area (Å²) in [5.41, 5.74) is 1.86. The molecule has 1 aromatic carbocycles. The number of alkyl carbamates (subject to hydrolysis) is 1. The third kappa shape index (κ3) is 7.33. The van der Waals surface area contributed by atoms with Gasteiger partial charge in [0.2, 0.25) is 5.91 Å². The number of hydrogen-bond donors (Lipinski definition) is 2. The molecule has 8 heteroatoms. The minimum absolute atomic E-state index is 0.0444. The van der Waals surface area contributed by atoms with Crippen molar-refractivity contribution in [2.75, 3.05) is 18.4 Å². The molecule has 0 radical (unpaired) electrons. The zero-order valence-electron chi connectivity index (χ0n) is 18.3. The van der Waals surface area contributed by atoms with Gasteiger partial charge in [0, 0.05) is 11.9 Å². The van der Waals surface area contributed by atoms with Gasteiger partial charge in [0.15, 0.2) is 5.13 Å². The van der Waals surface area contributed by atoms with Gasteiger partial charge in [-0.05, 0) is 37.4 Å². The number of rotatable bonds is 9. The van der Waals surface area contributed by atoms with E-state index in [1.54, 1.807) is 0 Å². The maximum atomic E-state index is 12.9. The first-order valence-corrected chi connectivity index (χ1v) is 11.9. The molecule has 0 unspecified atom stereocenters. The van der Waals surface area contributed by atoms with Gasteiger partial charge in [-0.25, -0.2) is 9.78 Å². The number of nitrogens with zero attached hydrogens (tertiary/aromatic N) is 2. The Morgan fingerprint density at radius 2 is 1.94 bits per heavy atom. The summed E-state index contributed by atoms with van der Waals surface area (Å²) < 4.78 is 5.29. The quantitative estimate of drug-likeness (QED) is 0.599. The average molecular weight is 445 g/mol. The molecule has 2 amide bonds. The van der Waals surface area contributed by atoms with Gasteiger partial charge >= 0.3 is 6.09 Å². The van der Waals surface area contributed by atoms with Crippen LogP contribution in [0.2, 0.25) is 0 Å². The number of ether oxygens (including phenoxy) is 1. The van der Waals surface area contributed by atoms with Gasteiger partial charge in [-0.2, -0.15) is 0 Å². The molecule has 168 valence electrons. The van der Waals surface area contributed by atoms with Crippen LogP contribution < -0.4 is 10.6 Å². The van der Waals surface area contributed by atoms with E-state index < -0.39 is 12.1 Å². The van der Waals surface area contributed by atoms with Crippen molar-refractivity contribution in [3.05, 3.63) is 47.0 Å². The van der Waals surface area contributed by atoms with Crippen molar-refractivity contribution < 1.29 is 14.3 Å². The van der Waals surface area contributed by atoms with E-state index in [9.17, 15) is 9.59 Å². The monoisotopic (exact) mass is 444 g/mol. The Morgan fingerprint density at radius 1 is 1.19 bits per heavy atom. The standard InChI is InChI=1S/C23H32N4O3S/c1-3-17(2)20(25-23(29)30-15-18-10-6-4-7-11-18)21(28)26-22-24-19(16-31-22)14-27-12-8-5-9-13-27/h4,6-7,10-11,16-17,20H,3,5,8-9,12-15H2,1-2H3,(H,25,29)(H,24,26,28)/t17-,20-/m0/s1. The number of nitrogens with one attached hydrogen (secondary N) is 2. The summed E-state index contributed by atoms with van der Waals surface area (Å²) in [5.74, 6) is -0.318. The molecule has 1 aliphatic rings. The summed E-state index contributed by atoms with van der Waals surface area (Å²) in [6.45, 7) is 7.10. The first-order valence-electron chi connectivity index (χ1n) is 11.0. The highest BCUT2D eigenvalue weighted by Crippen LogP contribution is 2.20. The zero-order valence-corrected chi connectivity index (χ0v) is 19.1. The lowest BCUT2D eigenvalue weighted by Crippen LogP contribution is -2.47. The number of likely N-dealkylation sites (tertiary alicyclic amines) is 1. The highest BCUT2D eigenvalue weighted by molar-refractivity contribution is 7.13. The van der Waals surface area contributed by atoms with Gasteiger partial charge in [0.05, 0.1) is 5.69 Å². The summed E-state index contributed by atoms with van der Waals surface area (Å²) in [7, 11) is 0. The molecule has 1 aromatic heterocycles. The Balaban J connectivity index is 1.53. The van der Waals surface area contributed by atoms with Gasteiger partial charge < -0.3 is 15.4 Å². The van der Waals surface area contributed by atoms with Gasteiger partial charge in [-0.3, -0.25) is 9.69 Å².